The van der Waals surface area contributed by atoms with Crippen molar-refractivity contribution < 1.29 is 18.6 Å². The van der Waals surface area contributed by atoms with Crippen molar-refractivity contribution in [3.8, 4) is 27.9 Å². The highest BCUT2D eigenvalue weighted by molar-refractivity contribution is 6.31. The van der Waals surface area contributed by atoms with E-state index < -0.39 is 11.9 Å². The number of tetrazole rings is 1. The van der Waals surface area contributed by atoms with Crippen LogP contribution in [-0.4, -0.2) is 53.3 Å². The quantitative estimate of drug-likeness (QED) is 0.245. The van der Waals surface area contributed by atoms with E-state index in [1.807, 2.05) is 48.5 Å². The Balaban J connectivity index is 1.34. The number of nitrogens with one attached hydrogen (secondary N) is 2. The van der Waals surface area contributed by atoms with Crippen molar-refractivity contribution in [3.05, 3.63) is 108 Å². The first-order valence-electron chi connectivity index (χ1n) is 13.1. The van der Waals surface area contributed by atoms with Crippen LogP contribution in [0, 0.1) is 5.82 Å². The summed E-state index contributed by atoms with van der Waals surface area (Å²) in [4.78, 5) is 16.3. The second-order valence-corrected chi connectivity index (χ2v) is 10.1. The normalized spacial score (nSPS) is 11.8. The molecule has 6 aromatic rings. The summed E-state index contributed by atoms with van der Waals surface area (Å²) in [5.41, 5.74) is 5.41. The van der Waals surface area contributed by atoms with Crippen molar-refractivity contribution in [2.75, 3.05) is 12.4 Å². The summed E-state index contributed by atoms with van der Waals surface area (Å²) < 4.78 is 25.1. The minimum absolute atomic E-state index is 0.0106. The Bertz CT molecular complexity index is 1870. The highest BCUT2D eigenvalue weighted by atomic mass is 35.5. The van der Waals surface area contributed by atoms with Crippen LogP contribution in [0.2, 0.25) is 5.02 Å². The molecule has 0 bridgehead atoms. The van der Waals surface area contributed by atoms with Gasteiger partial charge in [0.05, 0.1) is 41.8 Å². The molecule has 4 aromatic heterocycles. The number of anilines is 1. The van der Waals surface area contributed by atoms with Gasteiger partial charge in [-0.2, -0.15) is 10.2 Å². The molecule has 2 aromatic carbocycles. The molecular weight excluding hydrogens is 575 g/mol. The lowest BCUT2D eigenvalue weighted by atomic mass is 10.0. The number of nitrogens with zero attached hydrogens (tertiary/aromatic N) is 8. The minimum Gasteiger partial charge on any atom is -0.453 e. The number of pyridine rings is 1. The molecule has 0 aliphatic rings. The molecule has 0 saturated carbocycles. The second kappa shape index (κ2) is 11.8. The lowest BCUT2D eigenvalue weighted by molar-refractivity contribution is -0.659. The third-order valence-electron chi connectivity index (χ3n) is 6.88. The maximum absolute atomic E-state index is 15.3. The van der Waals surface area contributed by atoms with Gasteiger partial charge >= 0.3 is 6.09 Å². The first-order chi connectivity index (χ1) is 20.9. The average Bonchev–Trinajstić information content (AvgIpc) is 3.81. The number of hydrogen-bond donors (Lipinski definition) is 2. The molecule has 0 aliphatic heterocycles. The summed E-state index contributed by atoms with van der Waals surface area (Å²) in [5, 5.41) is 21.8. The monoisotopic (exact) mass is 599 g/mol. The number of benzene rings is 2. The standard InChI is InChI=1S/C29H24ClFN10O2/c1-39-15-18(12-34-39)11-26(40-16-21(14-35-40)19-3-6-22(7-4-19)36-29(42)43-2)24-9-5-20(13-32-24)27-25(41-17-33-37-38-41)10-8-23(30)28(27)31/h3-10,12-17,26H,11H2,1-2H3,(H,36,42)/p+1/t26-/m1/s1. The van der Waals surface area contributed by atoms with Crippen molar-refractivity contribution in [2.24, 2.45) is 7.05 Å². The number of aryl methyl sites for hydroxylation is 1. The van der Waals surface area contributed by atoms with E-state index in [1.165, 1.54) is 24.2 Å². The van der Waals surface area contributed by atoms with E-state index in [1.54, 1.807) is 41.3 Å². The number of H-pyrrole nitrogens is 1. The molecule has 0 unspecified atom stereocenters. The fourth-order valence-electron chi connectivity index (χ4n) is 4.77. The Labute approximate surface area is 249 Å². The summed E-state index contributed by atoms with van der Waals surface area (Å²) in [7, 11) is 3.17. The van der Waals surface area contributed by atoms with Gasteiger partial charge < -0.3 is 4.74 Å². The zero-order chi connectivity index (χ0) is 29.9. The molecule has 2 N–H and O–H groups in total. The van der Waals surface area contributed by atoms with E-state index in [-0.39, 0.29) is 16.6 Å². The molecule has 0 fully saturated rings. The molecule has 0 spiro atoms. The lowest BCUT2D eigenvalue weighted by Crippen LogP contribution is -2.33. The minimum atomic E-state index is -0.577. The van der Waals surface area contributed by atoms with Crippen molar-refractivity contribution >= 4 is 23.4 Å². The third kappa shape index (κ3) is 5.83. The number of ether oxygens (including phenoxy) is 1. The molecule has 4 heterocycles. The fraction of sp³-hybridized carbons (Fsp3) is 0.138. The van der Waals surface area contributed by atoms with Gasteiger partial charge in [0.25, 0.3) is 6.33 Å². The number of rotatable bonds is 8. The molecule has 14 heteroatoms. The van der Waals surface area contributed by atoms with Gasteiger partial charge in [-0.15, -0.1) is 4.68 Å². The van der Waals surface area contributed by atoms with Gasteiger partial charge in [-0.05, 0) is 41.5 Å². The Morgan fingerprint density at radius 3 is 2.53 bits per heavy atom. The van der Waals surface area contributed by atoms with E-state index in [0.717, 1.165) is 22.4 Å². The van der Waals surface area contributed by atoms with Crippen molar-refractivity contribution in [1.82, 2.24) is 40.1 Å². The third-order valence-corrected chi connectivity index (χ3v) is 7.18. The van der Waals surface area contributed by atoms with Crippen LogP contribution in [0.1, 0.15) is 17.3 Å². The van der Waals surface area contributed by atoms with Crippen LogP contribution in [0.15, 0.2) is 85.8 Å². The highest BCUT2D eigenvalue weighted by Gasteiger charge is 2.22. The number of aromatic nitrogens is 9. The van der Waals surface area contributed by atoms with Crippen molar-refractivity contribution in [1.29, 1.82) is 0 Å². The second-order valence-electron chi connectivity index (χ2n) is 9.67. The van der Waals surface area contributed by atoms with Gasteiger partial charge in [0, 0.05) is 48.9 Å². The Morgan fingerprint density at radius 2 is 1.86 bits per heavy atom. The number of hydrogen-bond acceptors (Lipinski definition) is 7. The number of carbonyl (C=O) groups excluding carboxylic acids is 1. The number of amides is 1. The van der Waals surface area contributed by atoms with Gasteiger partial charge in [-0.25, -0.2) is 9.18 Å². The van der Waals surface area contributed by atoms with Crippen LogP contribution in [-0.2, 0) is 18.2 Å². The molecule has 6 rings (SSSR count). The maximum atomic E-state index is 15.3. The van der Waals surface area contributed by atoms with Crippen LogP contribution in [0.25, 0.3) is 27.9 Å². The zero-order valence-corrected chi connectivity index (χ0v) is 23.8. The fourth-order valence-corrected chi connectivity index (χ4v) is 4.92. The summed E-state index contributed by atoms with van der Waals surface area (Å²) in [6.07, 6.45) is 10.6. The summed E-state index contributed by atoms with van der Waals surface area (Å²) in [6, 6.07) is 13.9. The predicted octanol–water partition coefficient (Wildman–Crippen LogP) is 4.54. The van der Waals surface area contributed by atoms with E-state index in [9.17, 15) is 4.79 Å². The van der Waals surface area contributed by atoms with Crippen LogP contribution >= 0.6 is 11.6 Å². The smallest absolute Gasteiger partial charge is 0.411 e. The molecule has 0 saturated heterocycles. The average molecular weight is 600 g/mol. The SMILES string of the molecule is COC(=O)Nc1ccc(-c2cnn([C@H](Cc3cnn(C)c3)c3ccc(-c4c(-[n+]5cnn[nH]5)ccc(Cl)c4F)cn3)c2)cc1. The number of aromatic amines is 1. The topological polar surface area (TPSA) is 132 Å². The molecule has 12 nitrogen and oxygen atoms in total. The van der Waals surface area contributed by atoms with Crippen LogP contribution in [0.3, 0.4) is 0 Å². The van der Waals surface area contributed by atoms with Gasteiger partial charge in [-0.3, -0.25) is 19.7 Å². The van der Waals surface area contributed by atoms with E-state index in [2.05, 4.69) is 35.8 Å². The summed E-state index contributed by atoms with van der Waals surface area (Å²) >= 11 is 6.15. The van der Waals surface area contributed by atoms with E-state index in [0.29, 0.717) is 23.4 Å². The molecule has 1 atom stereocenters. The number of methoxy groups -OCH3 is 1. The zero-order valence-electron chi connectivity index (χ0n) is 23.0. The largest absolute Gasteiger partial charge is 0.453 e. The lowest BCUT2D eigenvalue weighted by Gasteiger charge is -2.17. The van der Waals surface area contributed by atoms with E-state index in [4.69, 9.17) is 16.6 Å². The maximum Gasteiger partial charge on any atom is 0.411 e. The first kappa shape index (κ1) is 27.7. The van der Waals surface area contributed by atoms with Gasteiger partial charge in [0.1, 0.15) is 10.8 Å². The van der Waals surface area contributed by atoms with Crippen LogP contribution in [0.4, 0.5) is 14.9 Å². The van der Waals surface area contributed by atoms with Gasteiger partial charge in [0.2, 0.25) is 0 Å². The first-order valence-corrected chi connectivity index (χ1v) is 13.5. The van der Waals surface area contributed by atoms with Crippen molar-refractivity contribution in [3.63, 3.8) is 0 Å². The van der Waals surface area contributed by atoms with Crippen LogP contribution in [0.5, 0.6) is 0 Å². The number of halogens is 2. The Hall–Kier alpha value is -5.43. The van der Waals surface area contributed by atoms with E-state index >= 15 is 4.39 Å². The predicted molar refractivity (Wildman–Crippen MR) is 155 cm³/mol. The Morgan fingerprint density at radius 1 is 1.05 bits per heavy atom. The van der Waals surface area contributed by atoms with Crippen molar-refractivity contribution in [2.45, 2.75) is 12.5 Å². The molecule has 1 amide bonds. The highest BCUT2D eigenvalue weighted by Crippen LogP contribution is 2.32. The van der Waals surface area contributed by atoms with Crippen LogP contribution < -0.4 is 10.00 Å². The molecule has 0 radical (unpaired) electrons. The molecule has 216 valence electrons. The summed E-state index contributed by atoms with van der Waals surface area (Å²) in [6.45, 7) is 0. The van der Waals surface area contributed by atoms with Gasteiger partial charge in [0.15, 0.2) is 11.0 Å². The Kier molecular flexibility index (Phi) is 7.62. The van der Waals surface area contributed by atoms with Gasteiger partial charge in [-0.1, -0.05) is 35.0 Å². The number of carbonyl (C=O) groups is 1. The molecular formula is C29H25ClFN10O2+. The molecule has 0 aliphatic carbocycles. The summed E-state index contributed by atoms with van der Waals surface area (Å²) in [5.74, 6) is -0.577. The molecule has 43 heavy (non-hydrogen) atoms.